The van der Waals surface area contributed by atoms with Crippen molar-refractivity contribution in [2.45, 2.75) is 19.8 Å². The zero-order valence-corrected chi connectivity index (χ0v) is 15.4. The predicted octanol–water partition coefficient (Wildman–Crippen LogP) is 3.26. The van der Waals surface area contributed by atoms with E-state index in [9.17, 15) is 9.18 Å². The van der Waals surface area contributed by atoms with Crippen LogP contribution in [0.15, 0.2) is 59.0 Å². The number of nitrogens with zero attached hydrogens (tertiary/aromatic N) is 3. The molecule has 1 amide bonds. The van der Waals surface area contributed by atoms with E-state index in [1.807, 2.05) is 17.3 Å². The maximum absolute atomic E-state index is 13.3. The highest BCUT2D eigenvalue weighted by Gasteiger charge is 2.41. The topological polar surface area (TPSA) is 59.4 Å². The molecule has 0 bridgehead atoms. The number of amides is 1. The van der Waals surface area contributed by atoms with E-state index in [2.05, 4.69) is 18.4 Å². The fourth-order valence-corrected chi connectivity index (χ4v) is 4.30. The number of benzene rings is 1. The normalized spacial score (nSPS) is 23.1. The van der Waals surface area contributed by atoms with E-state index in [1.54, 1.807) is 19.2 Å². The molecule has 27 heavy (non-hydrogen) atoms. The molecule has 1 heterocycles. The van der Waals surface area contributed by atoms with Gasteiger partial charge in [0.05, 0.1) is 23.4 Å². The van der Waals surface area contributed by atoms with Gasteiger partial charge in [0.25, 0.3) is 0 Å². The van der Waals surface area contributed by atoms with Crippen LogP contribution >= 0.6 is 0 Å². The van der Waals surface area contributed by atoms with Crippen LogP contribution in [-0.4, -0.2) is 24.4 Å². The van der Waals surface area contributed by atoms with Gasteiger partial charge in [0, 0.05) is 24.7 Å². The van der Waals surface area contributed by atoms with Gasteiger partial charge in [-0.2, -0.15) is 5.26 Å². The number of allylic oxidation sites excluding steroid dienone is 3. The lowest BCUT2D eigenvalue weighted by Gasteiger charge is -2.30. The summed E-state index contributed by atoms with van der Waals surface area (Å²) in [7, 11) is 1.69. The minimum absolute atomic E-state index is 0.0206. The van der Waals surface area contributed by atoms with Crippen molar-refractivity contribution in [3.05, 3.63) is 64.8 Å². The van der Waals surface area contributed by atoms with E-state index < -0.39 is 0 Å². The van der Waals surface area contributed by atoms with Gasteiger partial charge < -0.3 is 10.3 Å². The minimum atomic E-state index is -0.263. The Bertz CT molecular complexity index is 922. The molecule has 2 atom stereocenters. The number of nitrogens with one attached hydrogen (secondary N) is 1. The summed E-state index contributed by atoms with van der Waals surface area (Å²) in [5.74, 6) is -0.287. The Hall–Kier alpha value is -3.07. The fourth-order valence-electron chi connectivity index (χ4n) is 4.30. The Morgan fingerprint density at radius 1 is 1.41 bits per heavy atom. The largest absolute Gasteiger partial charge is 0.332 e. The van der Waals surface area contributed by atoms with Crippen LogP contribution in [0, 0.1) is 29.0 Å². The number of hydrogen-bond donors (Lipinski definition) is 1. The Kier molecular flexibility index (Phi) is 4.23. The van der Waals surface area contributed by atoms with Crippen molar-refractivity contribution in [2.24, 2.45) is 11.8 Å². The van der Waals surface area contributed by atoms with E-state index in [-0.39, 0.29) is 30.1 Å². The van der Waals surface area contributed by atoms with Crippen LogP contribution in [0.1, 0.15) is 19.8 Å². The van der Waals surface area contributed by atoms with Crippen LogP contribution in [0.2, 0.25) is 0 Å². The first-order valence-corrected chi connectivity index (χ1v) is 9.10. The third-order valence-corrected chi connectivity index (χ3v) is 5.65. The average molecular weight is 364 g/mol. The van der Waals surface area contributed by atoms with Gasteiger partial charge >= 0.3 is 0 Å². The van der Waals surface area contributed by atoms with Crippen LogP contribution in [-0.2, 0) is 4.79 Å². The van der Waals surface area contributed by atoms with Crippen molar-refractivity contribution in [1.82, 2.24) is 10.3 Å². The van der Waals surface area contributed by atoms with E-state index in [0.717, 1.165) is 29.8 Å². The first-order chi connectivity index (χ1) is 13.0. The molecule has 5 nitrogen and oxygen atoms in total. The molecule has 2 aliphatic carbocycles. The monoisotopic (exact) mass is 364 g/mol. The molecular weight excluding hydrogens is 343 g/mol. The van der Waals surface area contributed by atoms with Crippen LogP contribution in [0.3, 0.4) is 0 Å². The molecule has 0 aromatic heterocycles. The Labute approximate surface area is 158 Å². The summed E-state index contributed by atoms with van der Waals surface area (Å²) in [4.78, 5) is 14.3. The number of rotatable bonds is 3. The molecule has 0 unspecified atom stereocenters. The molecule has 0 fully saturated rings. The molecule has 0 spiro atoms. The highest BCUT2D eigenvalue weighted by molar-refractivity contribution is 5.84. The van der Waals surface area contributed by atoms with Crippen molar-refractivity contribution in [3.63, 3.8) is 0 Å². The van der Waals surface area contributed by atoms with E-state index in [1.165, 1.54) is 28.2 Å². The molecule has 138 valence electrons. The number of halogens is 1. The molecule has 1 aliphatic heterocycles. The summed E-state index contributed by atoms with van der Waals surface area (Å²) in [5, 5.41) is 10.8. The summed E-state index contributed by atoms with van der Waals surface area (Å²) < 4.78 is 13.3. The van der Waals surface area contributed by atoms with Gasteiger partial charge in [-0.15, -0.1) is 0 Å². The van der Waals surface area contributed by atoms with Crippen molar-refractivity contribution < 1.29 is 9.18 Å². The zero-order chi connectivity index (χ0) is 19.1. The van der Waals surface area contributed by atoms with Gasteiger partial charge in [-0.25, -0.2) is 4.39 Å². The lowest BCUT2D eigenvalue weighted by Crippen LogP contribution is -2.35. The Balaban J connectivity index is 1.66. The van der Waals surface area contributed by atoms with E-state index in [4.69, 9.17) is 5.26 Å². The summed E-state index contributed by atoms with van der Waals surface area (Å²) >= 11 is 0. The molecule has 1 aromatic carbocycles. The molecule has 3 aliphatic rings. The molecule has 1 N–H and O–H groups in total. The summed E-state index contributed by atoms with van der Waals surface area (Å²) in [6, 6.07) is 8.42. The minimum Gasteiger partial charge on any atom is -0.332 e. The van der Waals surface area contributed by atoms with Gasteiger partial charge in [0.15, 0.2) is 0 Å². The molecule has 6 heteroatoms. The second kappa shape index (κ2) is 6.58. The van der Waals surface area contributed by atoms with Gasteiger partial charge in [-0.1, -0.05) is 6.92 Å². The molecular formula is C21H21FN4O. The highest BCUT2D eigenvalue weighted by Crippen LogP contribution is 2.48. The van der Waals surface area contributed by atoms with Gasteiger partial charge in [0.1, 0.15) is 12.4 Å². The van der Waals surface area contributed by atoms with Crippen molar-refractivity contribution in [1.29, 1.82) is 5.26 Å². The second-order valence-corrected chi connectivity index (χ2v) is 7.22. The van der Waals surface area contributed by atoms with Gasteiger partial charge in [-0.05, 0) is 54.3 Å². The summed E-state index contributed by atoms with van der Waals surface area (Å²) in [6.45, 7) is 2.23. The number of anilines is 1. The second-order valence-electron chi connectivity index (χ2n) is 7.22. The number of nitriles is 1. The average Bonchev–Trinajstić information content (AvgIpc) is 3.27. The van der Waals surface area contributed by atoms with Crippen LogP contribution in [0.25, 0.3) is 0 Å². The number of carbonyl (C=O) groups is 1. The predicted molar refractivity (Wildman–Crippen MR) is 100 cm³/mol. The SMILES string of the molecule is C[C@H]1C2=CNN(c3ccc(F)cc3)C2=CC2=C1[C@@H](C(=O)N(C)CC#N)CC2. The number of carbonyl (C=O) groups excluding carboxylic acids is 1. The first kappa shape index (κ1) is 17.3. The fraction of sp³-hybridized carbons (Fsp3) is 0.333. The van der Waals surface area contributed by atoms with E-state index in [0.29, 0.717) is 0 Å². The van der Waals surface area contributed by atoms with Crippen molar-refractivity contribution >= 4 is 11.6 Å². The molecule has 0 radical (unpaired) electrons. The number of hydrogen-bond acceptors (Lipinski definition) is 4. The van der Waals surface area contributed by atoms with Crippen LogP contribution < -0.4 is 10.4 Å². The quantitative estimate of drug-likeness (QED) is 0.837. The number of fused-ring (bicyclic) bond motifs is 1. The molecule has 1 aromatic rings. The van der Waals surface area contributed by atoms with Crippen LogP contribution in [0.5, 0.6) is 0 Å². The summed E-state index contributed by atoms with van der Waals surface area (Å²) in [6.07, 6.45) is 5.74. The first-order valence-electron chi connectivity index (χ1n) is 9.10. The third kappa shape index (κ3) is 2.80. The number of hydrazine groups is 1. The third-order valence-electron chi connectivity index (χ3n) is 5.65. The van der Waals surface area contributed by atoms with Crippen molar-refractivity contribution in [2.75, 3.05) is 18.6 Å². The van der Waals surface area contributed by atoms with Gasteiger partial charge in [-0.3, -0.25) is 9.80 Å². The Morgan fingerprint density at radius 2 is 2.15 bits per heavy atom. The maximum Gasteiger partial charge on any atom is 0.230 e. The van der Waals surface area contributed by atoms with E-state index >= 15 is 0 Å². The van der Waals surface area contributed by atoms with Crippen molar-refractivity contribution in [3.8, 4) is 6.07 Å². The molecule has 0 saturated heterocycles. The lowest BCUT2D eigenvalue weighted by atomic mass is 9.80. The maximum atomic E-state index is 13.3. The smallest absolute Gasteiger partial charge is 0.230 e. The zero-order valence-electron chi connectivity index (χ0n) is 15.4. The Morgan fingerprint density at radius 3 is 2.85 bits per heavy atom. The molecule has 4 rings (SSSR count). The molecule has 0 saturated carbocycles. The lowest BCUT2D eigenvalue weighted by molar-refractivity contribution is -0.132. The van der Waals surface area contributed by atoms with Gasteiger partial charge in [0.2, 0.25) is 5.91 Å². The summed E-state index contributed by atoms with van der Waals surface area (Å²) in [5.41, 5.74) is 8.67. The standard InChI is InChI=1S/C21H21FN4O/c1-13-18-12-24-26(16-6-4-15(22)5-7-16)19(18)11-14-3-8-17(20(13)14)21(27)25(2)10-9-23/h4-7,11-13,17,24H,3,8,10H2,1-2H3/t13-,17-/m0/s1. The van der Waals surface area contributed by atoms with Crippen LogP contribution in [0.4, 0.5) is 10.1 Å². The highest BCUT2D eigenvalue weighted by atomic mass is 19.1.